The number of unbranched alkanes of at least 4 members (excludes halogenated alkanes) is 1. The van der Waals surface area contributed by atoms with Gasteiger partial charge in [-0.3, -0.25) is 0 Å². The fourth-order valence-corrected chi connectivity index (χ4v) is 3.25. The quantitative estimate of drug-likeness (QED) is 0.503. The highest BCUT2D eigenvalue weighted by Gasteiger charge is 2.12. The van der Waals surface area contributed by atoms with E-state index < -0.39 is 0 Å². The Labute approximate surface area is 163 Å². The van der Waals surface area contributed by atoms with E-state index in [9.17, 15) is 4.39 Å². The van der Waals surface area contributed by atoms with Gasteiger partial charge in [0.15, 0.2) is 0 Å². The minimum absolute atomic E-state index is 0.0708. The molecule has 3 nitrogen and oxygen atoms in total. The highest BCUT2D eigenvalue weighted by molar-refractivity contribution is 6.31. The van der Waals surface area contributed by atoms with Crippen LogP contribution in [-0.4, -0.2) is 18.3 Å². The van der Waals surface area contributed by atoms with E-state index in [2.05, 4.69) is 17.4 Å². The highest BCUT2D eigenvalue weighted by atomic mass is 35.5. The Hall–Kier alpha value is -2.14. The zero-order valence-electron chi connectivity index (χ0n) is 15.1. The molecule has 0 aliphatic rings. The third kappa shape index (κ3) is 4.98. The van der Waals surface area contributed by atoms with Gasteiger partial charge in [-0.2, -0.15) is 0 Å². The van der Waals surface area contributed by atoms with Gasteiger partial charge in [-0.25, -0.2) is 4.39 Å². The van der Waals surface area contributed by atoms with Crippen molar-refractivity contribution in [1.82, 2.24) is 5.32 Å². The monoisotopic (exact) mass is 387 g/mol. The molecule has 0 heterocycles. The van der Waals surface area contributed by atoms with Crippen molar-refractivity contribution in [3.05, 3.63) is 76.6 Å². The summed E-state index contributed by atoms with van der Waals surface area (Å²) in [6.45, 7) is 1.71. The van der Waals surface area contributed by atoms with Crippen molar-refractivity contribution in [2.24, 2.45) is 0 Å². The molecule has 0 saturated carbocycles. The fourth-order valence-electron chi connectivity index (χ4n) is 3.03. The highest BCUT2D eigenvalue weighted by Crippen LogP contribution is 2.30. The van der Waals surface area contributed by atoms with Gasteiger partial charge in [0.05, 0.1) is 5.02 Å². The normalized spacial score (nSPS) is 11.1. The molecule has 0 radical (unpaired) electrons. The molecule has 3 aromatic carbocycles. The van der Waals surface area contributed by atoms with Crippen molar-refractivity contribution in [1.29, 1.82) is 0 Å². The molecule has 3 aromatic rings. The molecule has 2 N–H and O–H groups in total. The maximum atomic E-state index is 14.0. The lowest BCUT2D eigenvalue weighted by molar-refractivity contribution is 0.283. The van der Waals surface area contributed by atoms with Gasteiger partial charge in [-0.1, -0.05) is 48.0 Å². The van der Waals surface area contributed by atoms with Gasteiger partial charge >= 0.3 is 0 Å². The van der Waals surface area contributed by atoms with Gasteiger partial charge in [0, 0.05) is 24.3 Å². The summed E-state index contributed by atoms with van der Waals surface area (Å²) in [6.07, 6.45) is 1.68. The number of hydrogen-bond acceptors (Lipinski definition) is 3. The van der Waals surface area contributed by atoms with E-state index in [4.69, 9.17) is 21.4 Å². The van der Waals surface area contributed by atoms with Crippen LogP contribution in [0.4, 0.5) is 4.39 Å². The first-order valence-corrected chi connectivity index (χ1v) is 9.46. The van der Waals surface area contributed by atoms with Crippen LogP contribution in [0, 0.1) is 5.82 Å². The Kier molecular flexibility index (Phi) is 7.04. The predicted molar refractivity (Wildman–Crippen MR) is 108 cm³/mol. The Bertz CT molecular complexity index is 880. The fraction of sp³-hybridized carbons (Fsp3) is 0.273. The summed E-state index contributed by atoms with van der Waals surface area (Å²) in [5, 5.41) is 14.9. The molecule has 0 bridgehead atoms. The molecule has 0 aliphatic carbocycles. The molecular formula is C22H23ClFNO2. The van der Waals surface area contributed by atoms with Crippen LogP contribution >= 0.6 is 11.6 Å². The average molecular weight is 388 g/mol. The van der Waals surface area contributed by atoms with Crippen molar-refractivity contribution < 1.29 is 14.2 Å². The number of rotatable bonds is 9. The van der Waals surface area contributed by atoms with Crippen molar-refractivity contribution >= 4 is 22.4 Å². The number of aliphatic hydroxyl groups excluding tert-OH is 1. The summed E-state index contributed by atoms with van der Waals surface area (Å²) < 4.78 is 20.0. The maximum Gasteiger partial charge on any atom is 0.131 e. The molecule has 0 saturated heterocycles. The van der Waals surface area contributed by atoms with Crippen molar-refractivity contribution in [3.8, 4) is 5.75 Å². The third-order valence-electron chi connectivity index (χ3n) is 4.49. The number of benzene rings is 3. The van der Waals surface area contributed by atoms with Crippen LogP contribution in [0.3, 0.4) is 0 Å². The standard InChI is InChI=1S/C22H23ClFNO2/c23-20-8-5-9-21(24)19(20)15-27-22-11-10-16-6-1-2-7-17(16)18(22)14-25-12-3-4-13-26/h1-2,5-11,25-26H,3-4,12-15H2. The molecule has 0 spiro atoms. The van der Waals surface area contributed by atoms with Crippen LogP contribution in [0.15, 0.2) is 54.6 Å². The Morgan fingerprint density at radius 3 is 2.63 bits per heavy atom. The van der Waals surface area contributed by atoms with Crippen LogP contribution in [0.2, 0.25) is 5.02 Å². The second-order valence-corrected chi connectivity index (χ2v) is 6.77. The summed E-state index contributed by atoms with van der Waals surface area (Å²) in [6, 6.07) is 16.7. The predicted octanol–water partition coefficient (Wildman–Crippen LogP) is 5.07. The van der Waals surface area contributed by atoms with Gasteiger partial charge in [-0.05, 0) is 48.4 Å². The first-order chi connectivity index (χ1) is 13.2. The minimum atomic E-state index is -0.369. The SMILES string of the molecule is OCCCCNCc1c(OCc2c(F)cccc2Cl)ccc2ccccc12. The van der Waals surface area contributed by atoms with Crippen LogP contribution in [0.5, 0.6) is 5.75 Å². The zero-order valence-corrected chi connectivity index (χ0v) is 15.8. The summed E-state index contributed by atoms with van der Waals surface area (Å²) in [5.74, 6) is 0.342. The summed E-state index contributed by atoms with van der Waals surface area (Å²) in [4.78, 5) is 0. The van der Waals surface area contributed by atoms with E-state index in [0.29, 0.717) is 22.9 Å². The second-order valence-electron chi connectivity index (χ2n) is 6.36. The summed E-state index contributed by atoms with van der Waals surface area (Å²) >= 11 is 6.11. The lowest BCUT2D eigenvalue weighted by Gasteiger charge is -2.16. The van der Waals surface area contributed by atoms with Crippen molar-refractivity contribution in [2.75, 3.05) is 13.2 Å². The lowest BCUT2D eigenvalue weighted by atomic mass is 10.0. The molecular weight excluding hydrogens is 365 g/mol. The maximum absolute atomic E-state index is 14.0. The molecule has 5 heteroatoms. The Morgan fingerprint density at radius 1 is 0.963 bits per heavy atom. The second kappa shape index (κ2) is 9.70. The minimum Gasteiger partial charge on any atom is -0.488 e. The van der Waals surface area contributed by atoms with E-state index in [1.54, 1.807) is 12.1 Å². The zero-order chi connectivity index (χ0) is 19.1. The molecule has 0 unspecified atom stereocenters. The molecule has 0 atom stereocenters. The first-order valence-electron chi connectivity index (χ1n) is 9.08. The van der Waals surface area contributed by atoms with Gasteiger partial charge in [0.2, 0.25) is 0 Å². The van der Waals surface area contributed by atoms with Gasteiger partial charge in [-0.15, -0.1) is 0 Å². The average Bonchev–Trinajstić information content (AvgIpc) is 2.68. The number of fused-ring (bicyclic) bond motifs is 1. The van der Waals surface area contributed by atoms with E-state index in [-0.39, 0.29) is 19.0 Å². The molecule has 0 amide bonds. The van der Waals surface area contributed by atoms with E-state index >= 15 is 0 Å². The smallest absolute Gasteiger partial charge is 0.131 e. The van der Waals surface area contributed by atoms with Crippen molar-refractivity contribution in [2.45, 2.75) is 26.0 Å². The molecule has 0 aliphatic heterocycles. The number of halogens is 2. The Morgan fingerprint density at radius 2 is 1.81 bits per heavy atom. The summed E-state index contributed by atoms with van der Waals surface area (Å²) in [5.41, 5.74) is 1.39. The van der Waals surface area contributed by atoms with Crippen LogP contribution < -0.4 is 10.1 Å². The number of ether oxygens (including phenoxy) is 1. The molecule has 142 valence electrons. The van der Waals surface area contributed by atoms with Gasteiger partial charge in [0.25, 0.3) is 0 Å². The molecule has 3 rings (SSSR count). The Balaban J connectivity index is 1.82. The van der Waals surface area contributed by atoms with E-state index in [1.165, 1.54) is 6.07 Å². The van der Waals surface area contributed by atoms with Crippen molar-refractivity contribution in [3.63, 3.8) is 0 Å². The number of hydrogen-bond donors (Lipinski definition) is 2. The van der Waals surface area contributed by atoms with Gasteiger partial charge < -0.3 is 15.2 Å². The summed E-state index contributed by atoms with van der Waals surface area (Å²) in [7, 11) is 0. The third-order valence-corrected chi connectivity index (χ3v) is 4.85. The largest absolute Gasteiger partial charge is 0.488 e. The van der Waals surface area contributed by atoms with Crippen LogP contribution in [0.1, 0.15) is 24.0 Å². The molecule has 0 aromatic heterocycles. The first kappa shape index (κ1) is 19.6. The number of nitrogens with one attached hydrogen (secondary N) is 1. The topological polar surface area (TPSA) is 41.5 Å². The van der Waals surface area contributed by atoms with Gasteiger partial charge in [0.1, 0.15) is 18.2 Å². The van der Waals surface area contributed by atoms with Crippen LogP contribution in [-0.2, 0) is 13.2 Å². The van der Waals surface area contributed by atoms with Crippen LogP contribution in [0.25, 0.3) is 10.8 Å². The molecule has 27 heavy (non-hydrogen) atoms. The molecule has 0 fully saturated rings. The van der Waals surface area contributed by atoms with E-state index in [0.717, 1.165) is 35.7 Å². The number of aliphatic hydroxyl groups is 1. The lowest BCUT2D eigenvalue weighted by Crippen LogP contribution is -2.16. The van der Waals surface area contributed by atoms with E-state index in [1.807, 2.05) is 24.3 Å².